The average molecular weight is 290 g/mol. The van der Waals surface area contributed by atoms with Crippen molar-refractivity contribution in [2.24, 2.45) is 5.73 Å². The first-order valence-corrected chi connectivity index (χ1v) is 5.71. The van der Waals surface area contributed by atoms with E-state index in [0.717, 1.165) is 10.0 Å². The number of hydrogen-bond acceptors (Lipinski definition) is 4. The van der Waals surface area contributed by atoms with Crippen molar-refractivity contribution in [1.29, 1.82) is 0 Å². The van der Waals surface area contributed by atoms with Crippen LogP contribution in [0.3, 0.4) is 0 Å². The molecular formula is C11H16BrNO3. The van der Waals surface area contributed by atoms with Gasteiger partial charge < -0.3 is 20.3 Å². The summed E-state index contributed by atoms with van der Waals surface area (Å²) in [4.78, 5) is 0. The van der Waals surface area contributed by atoms with E-state index >= 15 is 0 Å². The fraction of sp³-hybridized carbons (Fsp3) is 0.455. The number of hydrogen-bond donors (Lipinski definition) is 2. The van der Waals surface area contributed by atoms with Crippen molar-refractivity contribution in [3.8, 4) is 11.5 Å². The standard InChI is InChI=1S/C11H16BrNO3/c1-15-10-5-7(9(13)3-4-14)8(12)6-11(10)16-2/h5-6,9,14H,3-4,13H2,1-2H3/t9-/m1/s1. The molecule has 0 aliphatic carbocycles. The maximum absolute atomic E-state index is 8.86. The van der Waals surface area contributed by atoms with Gasteiger partial charge in [-0.05, 0) is 24.1 Å². The van der Waals surface area contributed by atoms with E-state index < -0.39 is 0 Å². The van der Waals surface area contributed by atoms with Gasteiger partial charge in [-0.2, -0.15) is 0 Å². The molecule has 0 saturated heterocycles. The van der Waals surface area contributed by atoms with Gasteiger partial charge in [0.15, 0.2) is 11.5 Å². The van der Waals surface area contributed by atoms with Crippen LogP contribution in [0.4, 0.5) is 0 Å². The zero-order valence-electron chi connectivity index (χ0n) is 9.37. The summed E-state index contributed by atoms with van der Waals surface area (Å²) in [5, 5.41) is 8.86. The Hall–Kier alpha value is -0.780. The summed E-state index contributed by atoms with van der Waals surface area (Å²) in [5.41, 5.74) is 6.83. The minimum absolute atomic E-state index is 0.0575. The third kappa shape index (κ3) is 2.87. The largest absolute Gasteiger partial charge is 0.493 e. The quantitative estimate of drug-likeness (QED) is 0.868. The smallest absolute Gasteiger partial charge is 0.161 e. The Balaban J connectivity index is 3.10. The fourth-order valence-electron chi connectivity index (χ4n) is 1.45. The Morgan fingerprint density at radius 2 is 1.88 bits per heavy atom. The second-order valence-electron chi connectivity index (χ2n) is 3.35. The molecule has 0 aromatic heterocycles. The van der Waals surface area contributed by atoms with Crippen molar-refractivity contribution in [3.63, 3.8) is 0 Å². The van der Waals surface area contributed by atoms with Gasteiger partial charge in [0.2, 0.25) is 0 Å². The zero-order valence-corrected chi connectivity index (χ0v) is 11.0. The Labute approximate surface area is 103 Å². The van der Waals surface area contributed by atoms with Crippen LogP contribution in [0, 0.1) is 0 Å². The van der Waals surface area contributed by atoms with Gasteiger partial charge in [-0.25, -0.2) is 0 Å². The topological polar surface area (TPSA) is 64.7 Å². The lowest BCUT2D eigenvalue weighted by Crippen LogP contribution is -2.13. The normalized spacial score (nSPS) is 12.3. The summed E-state index contributed by atoms with van der Waals surface area (Å²) < 4.78 is 11.2. The van der Waals surface area contributed by atoms with Crippen LogP contribution >= 0.6 is 15.9 Å². The van der Waals surface area contributed by atoms with Crippen molar-refractivity contribution in [2.75, 3.05) is 20.8 Å². The molecule has 0 radical (unpaired) electrons. The summed E-state index contributed by atoms with van der Waals surface area (Å²) in [5.74, 6) is 1.28. The van der Waals surface area contributed by atoms with Gasteiger partial charge in [-0.3, -0.25) is 0 Å². The van der Waals surface area contributed by atoms with Crippen LogP contribution in [-0.4, -0.2) is 25.9 Å². The molecule has 0 amide bonds. The molecule has 0 heterocycles. The molecule has 5 heteroatoms. The third-order valence-electron chi connectivity index (χ3n) is 2.34. The monoisotopic (exact) mass is 289 g/mol. The molecule has 0 aliphatic rings. The van der Waals surface area contributed by atoms with Gasteiger partial charge in [-0.15, -0.1) is 0 Å². The predicted molar refractivity (Wildman–Crippen MR) is 65.9 cm³/mol. The van der Waals surface area contributed by atoms with Crippen molar-refractivity contribution in [3.05, 3.63) is 22.2 Å². The van der Waals surface area contributed by atoms with Crippen LogP contribution in [0.15, 0.2) is 16.6 Å². The number of nitrogens with two attached hydrogens (primary N) is 1. The number of aliphatic hydroxyl groups excluding tert-OH is 1. The molecule has 1 aromatic rings. The number of benzene rings is 1. The molecule has 0 aliphatic heterocycles. The van der Waals surface area contributed by atoms with E-state index in [1.807, 2.05) is 12.1 Å². The van der Waals surface area contributed by atoms with Crippen LogP contribution in [0.2, 0.25) is 0 Å². The van der Waals surface area contributed by atoms with Crippen LogP contribution < -0.4 is 15.2 Å². The Morgan fingerprint density at radius 3 is 2.38 bits per heavy atom. The molecule has 1 rings (SSSR count). The van der Waals surface area contributed by atoms with E-state index in [1.54, 1.807) is 14.2 Å². The van der Waals surface area contributed by atoms with Crippen LogP contribution in [0.5, 0.6) is 11.5 Å². The highest BCUT2D eigenvalue weighted by Crippen LogP contribution is 2.36. The molecule has 16 heavy (non-hydrogen) atoms. The van der Waals surface area contributed by atoms with E-state index in [0.29, 0.717) is 17.9 Å². The molecule has 3 N–H and O–H groups in total. The molecule has 0 saturated carbocycles. The maximum atomic E-state index is 8.86. The number of rotatable bonds is 5. The molecule has 0 fully saturated rings. The predicted octanol–water partition coefficient (Wildman–Crippen LogP) is 1.85. The fourth-order valence-corrected chi connectivity index (χ4v) is 2.07. The van der Waals surface area contributed by atoms with Crippen LogP contribution in [-0.2, 0) is 0 Å². The Morgan fingerprint density at radius 1 is 1.31 bits per heavy atom. The maximum Gasteiger partial charge on any atom is 0.161 e. The lowest BCUT2D eigenvalue weighted by molar-refractivity contribution is 0.276. The van der Waals surface area contributed by atoms with Crippen molar-refractivity contribution in [1.82, 2.24) is 0 Å². The molecule has 1 aromatic carbocycles. The van der Waals surface area contributed by atoms with Crippen molar-refractivity contribution in [2.45, 2.75) is 12.5 Å². The van der Waals surface area contributed by atoms with E-state index in [-0.39, 0.29) is 12.6 Å². The summed E-state index contributed by atoms with van der Waals surface area (Å²) in [7, 11) is 3.16. The zero-order chi connectivity index (χ0) is 12.1. The number of methoxy groups -OCH3 is 2. The van der Waals surface area contributed by atoms with Gasteiger partial charge in [0.05, 0.1) is 14.2 Å². The van der Waals surface area contributed by atoms with Gasteiger partial charge in [-0.1, -0.05) is 15.9 Å². The summed E-state index contributed by atoms with van der Waals surface area (Å²) in [6, 6.07) is 3.41. The second kappa shape index (κ2) is 6.08. The van der Waals surface area contributed by atoms with Crippen molar-refractivity contribution >= 4 is 15.9 Å². The highest BCUT2D eigenvalue weighted by atomic mass is 79.9. The molecule has 0 spiro atoms. The highest BCUT2D eigenvalue weighted by molar-refractivity contribution is 9.10. The minimum Gasteiger partial charge on any atom is -0.493 e. The van der Waals surface area contributed by atoms with Gasteiger partial charge in [0.25, 0.3) is 0 Å². The van der Waals surface area contributed by atoms with Crippen LogP contribution in [0.25, 0.3) is 0 Å². The summed E-state index contributed by atoms with van der Waals surface area (Å²) in [6.07, 6.45) is 0.508. The van der Waals surface area contributed by atoms with E-state index in [9.17, 15) is 0 Å². The minimum atomic E-state index is -0.223. The van der Waals surface area contributed by atoms with Gasteiger partial charge >= 0.3 is 0 Å². The second-order valence-corrected chi connectivity index (χ2v) is 4.20. The molecule has 0 bridgehead atoms. The number of halogens is 1. The SMILES string of the molecule is COc1cc(Br)c([C@H](N)CCO)cc1OC. The van der Waals surface area contributed by atoms with E-state index in [1.165, 1.54) is 0 Å². The molecular weight excluding hydrogens is 274 g/mol. The summed E-state index contributed by atoms with van der Waals surface area (Å²) >= 11 is 3.42. The van der Waals surface area contributed by atoms with Crippen molar-refractivity contribution < 1.29 is 14.6 Å². The first kappa shape index (κ1) is 13.3. The number of ether oxygens (including phenoxy) is 2. The average Bonchev–Trinajstić information content (AvgIpc) is 2.28. The number of aliphatic hydroxyl groups is 1. The Kier molecular flexibility index (Phi) is 5.05. The first-order valence-electron chi connectivity index (χ1n) is 4.91. The molecule has 4 nitrogen and oxygen atoms in total. The lowest BCUT2D eigenvalue weighted by Gasteiger charge is -2.16. The highest BCUT2D eigenvalue weighted by Gasteiger charge is 2.14. The van der Waals surface area contributed by atoms with E-state index in [2.05, 4.69) is 15.9 Å². The summed E-state index contributed by atoms with van der Waals surface area (Å²) in [6.45, 7) is 0.0575. The van der Waals surface area contributed by atoms with E-state index in [4.69, 9.17) is 20.3 Å². The Bertz CT molecular complexity index is 357. The van der Waals surface area contributed by atoms with Gasteiger partial charge in [0.1, 0.15) is 0 Å². The molecule has 1 atom stereocenters. The third-order valence-corrected chi connectivity index (χ3v) is 3.03. The van der Waals surface area contributed by atoms with Crippen LogP contribution in [0.1, 0.15) is 18.0 Å². The first-order chi connectivity index (χ1) is 7.63. The molecule has 90 valence electrons. The van der Waals surface area contributed by atoms with Gasteiger partial charge in [0, 0.05) is 17.1 Å². The lowest BCUT2D eigenvalue weighted by atomic mass is 10.0. The molecule has 0 unspecified atom stereocenters.